The van der Waals surface area contributed by atoms with Gasteiger partial charge >= 0.3 is 0 Å². The van der Waals surface area contributed by atoms with Gasteiger partial charge < -0.3 is 15.2 Å². The zero-order valence-electron chi connectivity index (χ0n) is 11.1. The molecular formula is C14H18N2O2S. The van der Waals surface area contributed by atoms with Crippen LogP contribution in [-0.2, 0) is 4.74 Å². The average Bonchev–Trinajstić information content (AvgIpc) is 2.76. The molecule has 102 valence electrons. The van der Waals surface area contributed by atoms with Crippen LogP contribution in [0.25, 0.3) is 0 Å². The van der Waals surface area contributed by atoms with Crippen LogP contribution in [0, 0.1) is 11.3 Å². The summed E-state index contributed by atoms with van der Waals surface area (Å²) in [4.78, 5) is 0.940. The topological polar surface area (TPSA) is 65.3 Å². The predicted molar refractivity (Wildman–Crippen MR) is 76.4 cm³/mol. The SMILES string of the molecule is CSc1cccc(NCC2(O)CCOC2C)c1C#N. The summed E-state index contributed by atoms with van der Waals surface area (Å²) in [5.41, 5.74) is 0.536. The van der Waals surface area contributed by atoms with Gasteiger partial charge in [0, 0.05) is 24.5 Å². The number of hydrogen-bond acceptors (Lipinski definition) is 5. The third kappa shape index (κ3) is 2.86. The van der Waals surface area contributed by atoms with Crippen LogP contribution in [-0.4, -0.2) is 36.2 Å². The van der Waals surface area contributed by atoms with E-state index in [1.165, 1.54) is 0 Å². The number of ether oxygens (including phenoxy) is 1. The molecule has 5 heteroatoms. The Hall–Kier alpha value is -1.22. The maximum absolute atomic E-state index is 10.4. The van der Waals surface area contributed by atoms with Gasteiger partial charge in [-0.25, -0.2) is 0 Å². The quantitative estimate of drug-likeness (QED) is 0.827. The molecule has 0 radical (unpaired) electrons. The van der Waals surface area contributed by atoms with E-state index in [0.717, 1.165) is 10.6 Å². The smallest absolute Gasteiger partial charge is 0.110 e. The molecular weight excluding hydrogens is 260 g/mol. The second kappa shape index (κ2) is 5.83. The van der Waals surface area contributed by atoms with Gasteiger partial charge in [0.1, 0.15) is 11.7 Å². The Balaban J connectivity index is 2.14. The Bertz CT molecular complexity index is 501. The number of nitrogens with zero attached hydrogens (tertiary/aromatic N) is 1. The molecule has 0 saturated carbocycles. The van der Waals surface area contributed by atoms with E-state index < -0.39 is 5.60 Å². The first-order chi connectivity index (χ1) is 9.10. The van der Waals surface area contributed by atoms with Gasteiger partial charge in [-0.15, -0.1) is 11.8 Å². The molecule has 1 aliphatic heterocycles. The molecule has 2 rings (SSSR count). The largest absolute Gasteiger partial charge is 0.385 e. The van der Waals surface area contributed by atoms with Gasteiger partial charge in [0.25, 0.3) is 0 Å². The van der Waals surface area contributed by atoms with Gasteiger partial charge in [0.2, 0.25) is 0 Å². The fourth-order valence-electron chi connectivity index (χ4n) is 2.22. The van der Waals surface area contributed by atoms with Crippen LogP contribution in [0.3, 0.4) is 0 Å². The molecule has 0 spiro atoms. The van der Waals surface area contributed by atoms with Crippen molar-refractivity contribution in [3.05, 3.63) is 23.8 Å². The van der Waals surface area contributed by atoms with Crippen LogP contribution in [0.4, 0.5) is 5.69 Å². The zero-order chi connectivity index (χ0) is 13.9. The molecule has 1 aliphatic rings. The monoisotopic (exact) mass is 278 g/mol. The Morgan fingerprint density at radius 3 is 3.00 bits per heavy atom. The Kier molecular flexibility index (Phi) is 4.35. The van der Waals surface area contributed by atoms with Crippen molar-refractivity contribution in [2.75, 3.05) is 24.7 Å². The van der Waals surface area contributed by atoms with E-state index in [1.54, 1.807) is 11.8 Å². The zero-order valence-corrected chi connectivity index (χ0v) is 12.0. The Morgan fingerprint density at radius 1 is 1.63 bits per heavy atom. The molecule has 1 heterocycles. The van der Waals surface area contributed by atoms with Crippen LogP contribution in [0.1, 0.15) is 18.9 Å². The van der Waals surface area contributed by atoms with Crippen LogP contribution in [0.2, 0.25) is 0 Å². The molecule has 2 atom stereocenters. The van der Waals surface area contributed by atoms with Gasteiger partial charge in [-0.1, -0.05) is 6.07 Å². The summed E-state index contributed by atoms with van der Waals surface area (Å²) in [7, 11) is 0. The normalized spacial score (nSPS) is 26.1. The summed E-state index contributed by atoms with van der Waals surface area (Å²) in [6, 6.07) is 7.91. The van der Waals surface area contributed by atoms with E-state index in [-0.39, 0.29) is 6.10 Å². The number of benzene rings is 1. The van der Waals surface area contributed by atoms with Gasteiger partial charge in [-0.3, -0.25) is 0 Å². The highest BCUT2D eigenvalue weighted by atomic mass is 32.2. The van der Waals surface area contributed by atoms with E-state index in [0.29, 0.717) is 25.1 Å². The lowest BCUT2D eigenvalue weighted by molar-refractivity contribution is -0.0175. The first-order valence-electron chi connectivity index (χ1n) is 6.25. The number of anilines is 1. The Morgan fingerprint density at radius 2 is 2.42 bits per heavy atom. The number of thioether (sulfide) groups is 1. The van der Waals surface area contributed by atoms with Crippen LogP contribution >= 0.6 is 11.8 Å². The summed E-state index contributed by atoms with van der Waals surface area (Å²) in [5, 5.41) is 22.9. The second-order valence-electron chi connectivity index (χ2n) is 4.71. The van der Waals surface area contributed by atoms with E-state index in [1.807, 2.05) is 31.4 Å². The van der Waals surface area contributed by atoms with E-state index in [9.17, 15) is 10.4 Å². The molecule has 2 N–H and O–H groups in total. The minimum Gasteiger partial charge on any atom is -0.385 e. The molecule has 1 aromatic rings. The number of hydrogen-bond donors (Lipinski definition) is 2. The maximum Gasteiger partial charge on any atom is 0.110 e. The molecule has 1 aromatic carbocycles. The lowest BCUT2D eigenvalue weighted by Gasteiger charge is -2.27. The minimum absolute atomic E-state index is 0.186. The standard InChI is InChI=1S/C14H18N2O2S/c1-10-14(17,6-7-18-10)9-16-12-4-3-5-13(19-2)11(12)8-15/h3-5,10,16-17H,6-7,9H2,1-2H3. The molecule has 4 nitrogen and oxygen atoms in total. The summed E-state index contributed by atoms with van der Waals surface area (Å²) in [5.74, 6) is 0. The highest BCUT2D eigenvalue weighted by Gasteiger charge is 2.39. The number of rotatable bonds is 4. The van der Waals surface area contributed by atoms with Crippen molar-refractivity contribution < 1.29 is 9.84 Å². The molecule has 0 amide bonds. The first-order valence-corrected chi connectivity index (χ1v) is 7.48. The van der Waals surface area contributed by atoms with Gasteiger partial charge in [-0.2, -0.15) is 5.26 Å². The highest BCUT2D eigenvalue weighted by Crippen LogP contribution is 2.29. The molecule has 2 unspecified atom stereocenters. The van der Waals surface area contributed by atoms with Crippen LogP contribution < -0.4 is 5.32 Å². The third-order valence-corrected chi connectivity index (χ3v) is 4.38. The summed E-state index contributed by atoms with van der Waals surface area (Å²) in [6.07, 6.45) is 2.38. The average molecular weight is 278 g/mol. The van der Waals surface area contributed by atoms with E-state index >= 15 is 0 Å². The summed E-state index contributed by atoms with van der Waals surface area (Å²) in [6.45, 7) is 2.84. The summed E-state index contributed by atoms with van der Waals surface area (Å²) >= 11 is 1.54. The fraction of sp³-hybridized carbons (Fsp3) is 0.500. The van der Waals surface area contributed by atoms with E-state index in [2.05, 4.69) is 11.4 Å². The van der Waals surface area contributed by atoms with Crippen molar-refractivity contribution in [3.8, 4) is 6.07 Å². The van der Waals surface area contributed by atoms with E-state index in [4.69, 9.17) is 4.74 Å². The van der Waals surface area contributed by atoms with Crippen molar-refractivity contribution in [2.24, 2.45) is 0 Å². The van der Waals surface area contributed by atoms with Crippen molar-refractivity contribution in [3.63, 3.8) is 0 Å². The molecule has 1 fully saturated rings. The molecule has 19 heavy (non-hydrogen) atoms. The number of nitrogens with one attached hydrogen (secondary N) is 1. The molecule has 0 aliphatic carbocycles. The van der Waals surface area contributed by atoms with Gasteiger partial charge in [0.15, 0.2) is 0 Å². The lowest BCUT2D eigenvalue weighted by Crippen LogP contribution is -2.43. The highest BCUT2D eigenvalue weighted by molar-refractivity contribution is 7.98. The Labute approximate surface area is 117 Å². The minimum atomic E-state index is -0.859. The maximum atomic E-state index is 10.4. The number of aliphatic hydroxyl groups is 1. The fourth-order valence-corrected chi connectivity index (χ4v) is 2.79. The molecule has 0 bridgehead atoms. The van der Waals surface area contributed by atoms with Gasteiger partial charge in [-0.05, 0) is 25.3 Å². The first kappa shape index (κ1) is 14.2. The van der Waals surface area contributed by atoms with Crippen molar-refractivity contribution in [1.29, 1.82) is 5.26 Å². The lowest BCUT2D eigenvalue weighted by atomic mass is 9.96. The van der Waals surface area contributed by atoms with Gasteiger partial charge in [0.05, 0.1) is 17.4 Å². The van der Waals surface area contributed by atoms with Crippen molar-refractivity contribution in [2.45, 2.75) is 29.9 Å². The number of nitriles is 1. The van der Waals surface area contributed by atoms with Crippen molar-refractivity contribution >= 4 is 17.4 Å². The third-order valence-electron chi connectivity index (χ3n) is 3.60. The molecule has 0 aromatic heterocycles. The van der Waals surface area contributed by atoms with Crippen LogP contribution in [0.5, 0.6) is 0 Å². The predicted octanol–water partition coefficient (Wildman–Crippen LogP) is 2.23. The van der Waals surface area contributed by atoms with Crippen LogP contribution in [0.15, 0.2) is 23.1 Å². The second-order valence-corrected chi connectivity index (χ2v) is 5.56. The summed E-state index contributed by atoms with van der Waals surface area (Å²) < 4.78 is 5.40. The molecule has 1 saturated heterocycles. The van der Waals surface area contributed by atoms with Crippen molar-refractivity contribution in [1.82, 2.24) is 0 Å².